The molecule has 1 aliphatic heterocycles. The van der Waals surface area contributed by atoms with E-state index in [1.807, 2.05) is 39.9 Å². The van der Waals surface area contributed by atoms with Gasteiger partial charge in [-0.2, -0.15) is 0 Å². The Morgan fingerprint density at radius 2 is 1.92 bits per heavy atom. The van der Waals surface area contributed by atoms with Crippen molar-refractivity contribution in [3.63, 3.8) is 0 Å². The first-order valence-electron chi connectivity index (χ1n) is 8.37. The molecule has 0 spiro atoms. The van der Waals surface area contributed by atoms with E-state index >= 15 is 0 Å². The molecular weight excluding hydrogens is 304 g/mol. The zero-order valence-corrected chi connectivity index (χ0v) is 14.0. The first-order chi connectivity index (χ1) is 11.6. The molecule has 1 amide bonds. The molecule has 0 aromatic carbocycles. The van der Waals surface area contributed by atoms with Crippen molar-refractivity contribution in [2.24, 2.45) is 0 Å². The predicted molar refractivity (Wildman–Crippen MR) is 91.8 cm³/mol. The van der Waals surface area contributed by atoms with Crippen molar-refractivity contribution in [2.75, 3.05) is 32.7 Å². The molecule has 3 rings (SSSR count). The first-order valence-corrected chi connectivity index (χ1v) is 8.37. The molecule has 6 heteroatoms. The topological polar surface area (TPSA) is 61.6 Å². The van der Waals surface area contributed by atoms with E-state index in [0.717, 1.165) is 24.3 Å². The van der Waals surface area contributed by atoms with Gasteiger partial charge in [-0.05, 0) is 36.8 Å². The largest absolute Gasteiger partial charge is 0.392 e. The summed E-state index contributed by atoms with van der Waals surface area (Å²) in [5.41, 5.74) is 1.84. The Bertz CT molecular complexity index is 661. The van der Waals surface area contributed by atoms with E-state index in [1.54, 1.807) is 19.3 Å². The molecule has 0 bridgehead atoms. The van der Waals surface area contributed by atoms with Crippen LogP contribution in [0.4, 0.5) is 0 Å². The molecule has 6 nitrogen and oxygen atoms in total. The van der Waals surface area contributed by atoms with Crippen molar-refractivity contribution in [3.05, 3.63) is 54.1 Å². The zero-order valence-electron chi connectivity index (χ0n) is 14.0. The summed E-state index contributed by atoms with van der Waals surface area (Å²) in [6.45, 7) is 6.14. The van der Waals surface area contributed by atoms with Gasteiger partial charge in [0.25, 0.3) is 5.91 Å². The maximum Gasteiger partial charge on any atom is 0.270 e. The molecule has 1 saturated heterocycles. The molecule has 3 heterocycles. The number of carbonyl (C=O) groups is 1. The molecule has 1 fully saturated rings. The highest BCUT2D eigenvalue weighted by Crippen LogP contribution is 2.12. The Morgan fingerprint density at radius 3 is 2.58 bits per heavy atom. The fourth-order valence-electron chi connectivity index (χ4n) is 3.10. The van der Waals surface area contributed by atoms with Gasteiger partial charge >= 0.3 is 0 Å². The number of pyridine rings is 1. The lowest BCUT2D eigenvalue weighted by Crippen LogP contribution is -2.50. The Labute approximate surface area is 142 Å². The van der Waals surface area contributed by atoms with Crippen LogP contribution in [0.3, 0.4) is 0 Å². The SMILES string of the molecule is C[C@@H](O)CN1CCN(C(=O)c2cccn2Cc2ccncc2)CC1. The summed E-state index contributed by atoms with van der Waals surface area (Å²) in [4.78, 5) is 21.0. The molecule has 1 N–H and O–H groups in total. The Balaban J connectivity index is 1.63. The molecular formula is C18H24N4O2. The number of carbonyl (C=O) groups excluding carboxylic acids is 1. The number of amides is 1. The molecule has 128 valence electrons. The first kappa shape index (κ1) is 16.7. The number of β-amino-alcohol motifs (C(OH)–C–C–N with tert-alkyl or cyclic N) is 1. The quantitative estimate of drug-likeness (QED) is 0.892. The highest BCUT2D eigenvalue weighted by atomic mass is 16.3. The minimum atomic E-state index is -0.329. The summed E-state index contributed by atoms with van der Waals surface area (Å²) < 4.78 is 1.99. The Morgan fingerprint density at radius 1 is 1.21 bits per heavy atom. The molecule has 1 atom stereocenters. The van der Waals surface area contributed by atoms with Crippen LogP contribution in [0.2, 0.25) is 0 Å². The van der Waals surface area contributed by atoms with Crippen LogP contribution < -0.4 is 0 Å². The van der Waals surface area contributed by atoms with Gasteiger partial charge < -0.3 is 14.6 Å². The number of rotatable bonds is 5. The van der Waals surface area contributed by atoms with Gasteiger partial charge in [-0.1, -0.05) is 0 Å². The van der Waals surface area contributed by atoms with Crippen LogP contribution in [0.25, 0.3) is 0 Å². The van der Waals surface area contributed by atoms with Crippen molar-refractivity contribution in [3.8, 4) is 0 Å². The second-order valence-corrected chi connectivity index (χ2v) is 6.32. The van der Waals surface area contributed by atoms with Crippen LogP contribution >= 0.6 is 0 Å². The Kier molecular flexibility index (Phi) is 5.27. The van der Waals surface area contributed by atoms with E-state index in [2.05, 4.69) is 9.88 Å². The van der Waals surface area contributed by atoms with Crippen LogP contribution in [0.15, 0.2) is 42.9 Å². The summed E-state index contributed by atoms with van der Waals surface area (Å²) in [6.07, 6.45) is 5.14. The van der Waals surface area contributed by atoms with E-state index in [0.29, 0.717) is 26.2 Å². The molecule has 1 aliphatic rings. The summed E-state index contributed by atoms with van der Waals surface area (Å²) in [6, 6.07) is 7.72. The third-order valence-corrected chi connectivity index (χ3v) is 4.33. The molecule has 24 heavy (non-hydrogen) atoms. The predicted octanol–water partition coefficient (Wildman–Crippen LogP) is 1.07. The number of hydrogen-bond donors (Lipinski definition) is 1. The van der Waals surface area contributed by atoms with Crippen molar-refractivity contribution < 1.29 is 9.90 Å². The lowest BCUT2D eigenvalue weighted by Gasteiger charge is -2.35. The van der Waals surface area contributed by atoms with E-state index in [-0.39, 0.29) is 12.0 Å². The van der Waals surface area contributed by atoms with Crippen LogP contribution in [-0.2, 0) is 6.54 Å². The number of aliphatic hydroxyl groups excluding tert-OH is 1. The van der Waals surface area contributed by atoms with E-state index in [9.17, 15) is 9.90 Å². The standard InChI is InChI=1S/C18H24N4O2/c1-15(23)13-20-9-11-21(12-10-20)18(24)17-3-2-8-22(17)14-16-4-6-19-7-5-16/h2-8,15,23H,9-14H2,1H3/t15-/m1/s1. The lowest BCUT2D eigenvalue weighted by molar-refractivity contribution is 0.0545. The van der Waals surface area contributed by atoms with Crippen LogP contribution in [0.1, 0.15) is 23.0 Å². The molecule has 0 aliphatic carbocycles. The van der Waals surface area contributed by atoms with Crippen molar-refractivity contribution in [1.29, 1.82) is 0 Å². The van der Waals surface area contributed by atoms with Gasteiger partial charge in [0.05, 0.1) is 6.10 Å². The number of nitrogens with zero attached hydrogens (tertiary/aromatic N) is 4. The van der Waals surface area contributed by atoms with Gasteiger partial charge in [0.1, 0.15) is 5.69 Å². The number of hydrogen-bond acceptors (Lipinski definition) is 4. The fourth-order valence-corrected chi connectivity index (χ4v) is 3.10. The van der Waals surface area contributed by atoms with E-state index < -0.39 is 0 Å². The van der Waals surface area contributed by atoms with Crippen LogP contribution in [-0.4, -0.2) is 69.2 Å². The summed E-state index contributed by atoms with van der Waals surface area (Å²) in [5, 5.41) is 9.48. The molecule has 2 aromatic rings. The highest BCUT2D eigenvalue weighted by Gasteiger charge is 2.24. The average Bonchev–Trinajstić information content (AvgIpc) is 3.03. The monoisotopic (exact) mass is 328 g/mol. The number of aromatic nitrogens is 2. The second kappa shape index (κ2) is 7.59. The molecule has 2 aromatic heterocycles. The van der Waals surface area contributed by atoms with Crippen molar-refractivity contribution in [2.45, 2.75) is 19.6 Å². The average molecular weight is 328 g/mol. The van der Waals surface area contributed by atoms with Crippen molar-refractivity contribution in [1.82, 2.24) is 19.4 Å². The maximum atomic E-state index is 12.8. The maximum absolute atomic E-state index is 12.8. The normalized spacial score (nSPS) is 17.0. The van der Waals surface area contributed by atoms with Gasteiger partial charge in [-0.15, -0.1) is 0 Å². The van der Waals surface area contributed by atoms with E-state index in [4.69, 9.17) is 0 Å². The minimum Gasteiger partial charge on any atom is -0.392 e. The summed E-state index contributed by atoms with van der Waals surface area (Å²) >= 11 is 0. The van der Waals surface area contributed by atoms with Gasteiger partial charge in [0.15, 0.2) is 0 Å². The van der Waals surface area contributed by atoms with Gasteiger partial charge in [-0.3, -0.25) is 14.7 Å². The highest BCUT2D eigenvalue weighted by molar-refractivity contribution is 5.92. The summed E-state index contributed by atoms with van der Waals surface area (Å²) in [5.74, 6) is 0.0748. The van der Waals surface area contributed by atoms with Crippen molar-refractivity contribution >= 4 is 5.91 Å². The molecule has 0 saturated carbocycles. The van der Waals surface area contributed by atoms with Crippen LogP contribution in [0, 0.1) is 0 Å². The number of piperazine rings is 1. The zero-order chi connectivity index (χ0) is 16.9. The minimum absolute atomic E-state index is 0.0748. The molecule has 0 radical (unpaired) electrons. The third-order valence-electron chi connectivity index (χ3n) is 4.33. The van der Waals surface area contributed by atoms with Gasteiger partial charge in [-0.25, -0.2) is 0 Å². The smallest absolute Gasteiger partial charge is 0.270 e. The van der Waals surface area contributed by atoms with Gasteiger partial charge in [0.2, 0.25) is 0 Å². The second-order valence-electron chi connectivity index (χ2n) is 6.32. The lowest BCUT2D eigenvalue weighted by atomic mass is 10.2. The third kappa shape index (κ3) is 4.01. The summed E-state index contributed by atoms with van der Waals surface area (Å²) in [7, 11) is 0. The van der Waals surface area contributed by atoms with Gasteiger partial charge in [0, 0.05) is 57.9 Å². The Hall–Kier alpha value is -2.18. The molecule has 0 unspecified atom stereocenters. The van der Waals surface area contributed by atoms with E-state index in [1.165, 1.54) is 0 Å². The number of aliphatic hydroxyl groups is 1. The van der Waals surface area contributed by atoms with Crippen LogP contribution in [0.5, 0.6) is 0 Å². The fraction of sp³-hybridized carbons (Fsp3) is 0.444.